The van der Waals surface area contributed by atoms with Gasteiger partial charge in [0.15, 0.2) is 6.61 Å². The molecule has 3 atom stereocenters. The van der Waals surface area contributed by atoms with Gasteiger partial charge in [-0.3, -0.25) is 4.79 Å². The number of hydrogen-bond donors (Lipinski definition) is 1. The lowest BCUT2D eigenvalue weighted by atomic mass is 9.78. The summed E-state index contributed by atoms with van der Waals surface area (Å²) in [5.41, 5.74) is 0.275. The summed E-state index contributed by atoms with van der Waals surface area (Å²) in [6, 6.07) is 3.18. The number of pyridine rings is 1. The summed E-state index contributed by atoms with van der Waals surface area (Å²) in [6.45, 7) is 4.08. The van der Waals surface area contributed by atoms with Crippen LogP contribution in [0.1, 0.15) is 43.5 Å². The number of carbonyl (C=O) groups is 2. The number of rotatable bonds is 4. The smallest absolute Gasteiger partial charge is 0.340 e. The van der Waals surface area contributed by atoms with Crippen molar-refractivity contribution in [3.05, 3.63) is 29.0 Å². The predicted molar refractivity (Wildman–Crippen MR) is 83.6 cm³/mol. The minimum absolute atomic E-state index is 0.159. The van der Waals surface area contributed by atoms with Gasteiger partial charge in [0.1, 0.15) is 5.15 Å². The molecule has 1 saturated carbocycles. The van der Waals surface area contributed by atoms with Crippen LogP contribution in [-0.4, -0.2) is 29.5 Å². The Kier molecular flexibility index (Phi) is 5.77. The van der Waals surface area contributed by atoms with Crippen LogP contribution in [0.3, 0.4) is 0 Å². The Morgan fingerprint density at radius 1 is 1.36 bits per heavy atom. The summed E-state index contributed by atoms with van der Waals surface area (Å²) < 4.78 is 5.00. The molecule has 1 fully saturated rings. The highest BCUT2D eigenvalue weighted by Gasteiger charge is 2.28. The standard InChI is InChI=1S/C16H21ClN2O3/c1-10-4-3-5-13(11(10)2)19-15(20)9-22-16(21)12-6-7-14(17)18-8-12/h6-8,10-11,13H,3-5,9H2,1-2H3,(H,19,20)/t10-,11+,13+/m0/s1. The minimum atomic E-state index is -0.579. The molecule has 1 amide bonds. The molecule has 1 aliphatic carbocycles. The molecular formula is C16H21ClN2O3. The zero-order chi connectivity index (χ0) is 16.1. The second kappa shape index (κ2) is 7.58. The van der Waals surface area contributed by atoms with Gasteiger partial charge in [-0.2, -0.15) is 0 Å². The van der Waals surface area contributed by atoms with Crippen LogP contribution in [0.4, 0.5) is 0 Å². The van der Waals surface area contributed by atoms with Crippen LogP contribution in [0.5, 0.6) is 0 Å². The number of carbonyl (C=O) groups excluding carboxylic acids is 2. The van der Waals surface area contributed by atoms with E-state index < -0.39 is 5.97 Å². The SMILES string of the molecule is C[C@@H]1[C@@H](C)CCC[C@H]1NC(=O)COC(=O)c1ccc(Cl)nc1. The molecule has 0 unspecified atom stereocenters. The van der Waals surface area contributed by atoms with E-state index in [1.54, 1.807) is 0 Å². The van der Waals surface area contributed by atoms with E-state index in [1.165, 1.54) is 24.8 Å². The van der Waals surface area contributed by atoms with Crippen molar-refractivity contribution in [1.29, 1.82) is 0 Å². The van der Waals surface area contributed by atoms with Crippen LogP contribution in [0.25, 0.3) is 0 Å². The molecular weight excluding hydrogens is 304 g/mol. The summed E-state index contributed by atoms with van der Waals surface area (Å²) in [4.78, 5) is 27.5. The number of hydrogen-bond acceptors (Lipinski definition) is 4. The first-order chi connectivity index (χ1) is 10.5. The summed E-state index contributed by atoms with van der Waals surface area (Å²) in [5.74, 6) is 0.196. The third kappa shape index (κ3) is 4.44. The van der Waals surface area contributed by atoms with Gasteiger partial charge in [-0.1, -0.05) is 38.3 Å². The highest BCUT2D eigenvalue weighted by Crippen LogP contribution is 2.29. The fourth-order valence-electron chi connectivity index (χ4n) is 2.75. The predicted octanol–water partition coefficient (Wildman–Crippen LogP) is 2.83. The topological polar surface area (TPSA) is 68.3 Å². The molecule has 1 aromatic rings. The lowest BCUT2D eigenvalue weighted by molar-refractivity contribution is -0.125. The van der Waals surface area contributed by atoms with Crippen LogP contribution < -0.4 is 5.32 Å². The number of halogens is 1. The largest absolute Gasteiger partial charge is 0.452 e. The average molecular weight is 325 g/mol. The first-order valence-electron chi connectivity index (χ1n) is 7.55. The van der Waals surface area contributed by atoms with Gasteiger partial charge < -0.3 is 10.1 Å². The number of aromatic nitrogens is 1. The molecule has 0 spiro atoms. The summed E-state index contributed by atoms with van der Waals surface area (Å²) in [5, 5.41) is 3.26. The van der Waals surface area contributed by atoms with Gasteiger partial charge in [-0.25, -0.2) is 9.78 Å². The van der Waals surface area contributed by atoms with Crippen LogP contribution in [-0.2, 0) is 9.53 Å². The first-order valence-corrected chi connectivity index (χ1v) is 7.93. The van der Waals surface area contributed by atoms with Gasteiger partial charge in [0.2, 0.25) is 0 Å². The molecule has 1 N–H and O–H groups in total. The second-order valence-electron chi connectivity index (χ2n) is 5.89. The monoisotopic (exact) mass is 324 g/mol. The van der Waals surface area contributed by atoms with Crippen LogP contribution in [0.15, 0.2) is 18.3 Å². The normalized spacial score (nSPS) is 24.6. The summed E-state index contributed by atoms with van der Waals surface area (Å²) >= 11 is 5.65. The Morgan fingerprint density at radius 2 is 2.14 bits per heavy atom. The van der Waals surface area contributed by atoms with Crippen LogP contribution in [0.2, 0.25) is 5.15 Å². The number of nitrogens with one attached hydrogen (secondary N) is 1. The van der Waals surface area contributed by atoms with E-state index >= 15 is 0 Å². The zero-order valence-electron chi connectivity index (χ0n) is 12.8. The van der Waals surface area contributed by atoms with Gasteiger partial charge in [-0.05, 0) is 30.4 Å². The molecule has 0 radical (unpaired) electrons. The van der Waals surface area contributed by atoms with Gasteiger partial charge in [-0.15, -0.1) is 0 Å². The van der Waals surface area contributed by atoms with Crippen molar-refractivity contribution in [3.8, 4) is 0 Å². The number of nitrogens with zero attached hydrogens (tertiary/aromatic N) is 1. The van der Waals surface area contributed by atoms with Gasteiger partial charge in [0, 0.05) is 12.2 Å². The van der Waals surface area contributed by atoms with Gasteiger partial charge in [0.05, 0.1) is 5.56 Å². The van der Waals surface area contributed by atoms with E-state index in [0.29, 0.717) is 17.0 Å². The van der Waals surface area contributed by atoms with E-state index in [2.05, 4.69) is 24.1 Å². The maximum atomic E-state index is 11.9. The first kappa shape index (κ1) is 16.7. The Balaban J connectivity index is 1.80. The average Bonchev–Trinajstić information content (AvgIpc) is 2.50. The molecule has 22 heavy (non-hydrogen) atoms. The van der Waals surface area contributed by atoms with E-state index in [0.717, 1.165) is 12.8 Å². The minimum Gasteiger partial charge on any atom is -0.452 e. The molecule has 1 heterocycles. The van der Waals surface area contributed by atoms with Gasteiger partial charge >= 0.3 is 5.97 Å². The lowest BCUT2D eigenvalue weighted by Gasteiger charge is -2.34. The van der Waals surface area contributed by atoms with Crippen molar-refractivity contribution in [2.24, 2.45) is 11.8 Å². The maximum absolute atomic E-state index is 11.9. The highest BCUT2D eigenvalue weighted by atomic mass is 35.5. The van der Waals surface area contributed by atoms with Crippen molar-refractivity contribution in [2.45, 2.75) is 39.2 Å². The van der Waals surface area contributed by atoms with Crippen molar-refractivity contribution in [1.82, 2.24) is 10.3 Å². The second-order valence-corrected chi connectivity index (χ2v) is 6.27. The van der Waals surface area contributed by atoms with Crippen molar-refractivity contribution in [3.63, 3.8) is 0 Å². The third-order valence-electron chi connectivity index (χ3n) is 4.35. The molecule has 1 aliphatic rings. The van der Waals surface area contributed by atoms with Crippen LogP contribution >= 0.6 is 11.6 Å². The van der Waals surface area contributed by atoms with Crippen LogP contribution in [0, 0.1) is 11.8 Å². The molecule has 0 aliphatic heterocycles. The summed E-state index contributed by atoms with van der Waals surface area (Å²) in [6.07, 6.45) is 4.62. The zero-order valence-corrected chi connectivity index (χ0v) is 13.6. The molecule has 0 aromatic carbocycles. The van der Waals surface area contributed by atoms with Crippen molar-refractivity contribution in [2.75, 3.05) is 6.61 Å². The Bertz CT molecular complexity index is 533. The fourth-order valence-corrected chi connectivity index (χ4v) is 2.86. The summed E-state index contributed by atoms with van der Waals surface area (Å²) in [7, 11) is 0. The van der Waals surface area contributed by atoms with Gasteiger partial charge in [0.25, 0.3) is 5.91 Å². The number of ether oxygens (including phenoxy) is 1. The maximum Gasteiger partial charge on any atom is 0.340 e. The molecule has 0 saturated heterocycles. The third-order valence-corrected chi connectivity index (χ3v) is 4.57. The van der Waals surface area contributed by atoms with Crippen molar-refractivity contribution < 1.29 is 14.3 Å². The van der Waals surface area contributed by atoms with E-state index in [-0.39, 0.29) is 24.1 Å². The highest BCUT2D eigenvalue weighted by molar-refractivity contribution is 6.29. The molecule has 1 aromatic heterocycles. The quantitative estimate of drug-likeness (QED) is 0.683. The Hall–Kier alpha value is -1.62. The Morgan fingerprint density at radius 3 is 2.82 bits per heavy atom. The lowest BCUT2D eigenvalue weighted by Crippen LogP contribution is -2.45. The van der Waals surface area contributed by atoms with E-state index in [9.17, 15) is 9.59 Å². The molecule has 120 valence electrons. The molecule has 0 bridgehead atoms. The van der Waals surface area contributed by atoms with E-state index in [1.807, 2.05) is 0 Å². The molecule has 6 heteroatoms. The number of amides is 1. The molecule has 5 nitrogen and oxygen atoms in total. The molecule has 2 rings (SSSR count). The van der Waals surface area contributed by atoms with E-state index in [4.69, 9.17) is 16.3 Å². The fraction of sp³-hybridized carbons (Fsp3) is 0.562. The Labute approximate surface area is 135 Å². The number of esters is 1. The van der Waals surface area contributed by atoms with Crippen molar-refractivity contribution >= 4 is 23.5 Å².